The van der Waals surface area contributed by atoms with Crippen LogP contribution < -0.4 is 0 Å². The fourth-order valence-corrected chi connectivity index (χ4v) is 2.94. The van der Waals surface area contributed by atoms with Gasteiger partial charge in [0.1, 0.15) is 16.6 Å². The molecule has 2 nitrogen and oxygen atoms in total. The largest absolute Gasteiger partial charge is 0.508 e. The molecule has 3 aromatic rings. The first-order chi connectivity index (χ1) is 8.63. The van der Waals surface area contributed by atoms with Gasteiger partial charge in [0.15, 0.2) is 0 Å². The maximum atomic E-state index is 13.1. The van der Waals surface area contributed by atoms with Crippen LogP contribution in [0.1, 0.15) is 5.56 Å². The van der Waals surface area contributed by atoms with Gasteiger partial charge < -0.3 is 5.11 Å². The molecule has 0 atom stereocenters. The number of rotatable bonds is 1. The van der Waals surface area contributed by atoms with E-state index < -0.39 is 0 Å². The van der Waals surface area contributed by atoms with E-state index in [2.05, 4.69) is 4.98 Å². The topological polar surface area (TPSA) is 33.1 Å². The minimum atomic E-state index is -0.276. The Labute approximate surface area is 107 Å². The summed E-state index contributed by atoms with van der Waals surface area (Å²) in [6.07, 6.45) is 0. The first-order valence-electron chi connectivity index (χ1n) is 5.49. The molecule has 0 aliphatic carbocycles. The highest BCUT2D eigenvalue weighted by Gasteiger charge is 2.09. The van der Waals surface area contributed by atoms with Crippen LogP contribution in [-0.2, 0) is 0 Å². The van der Waals surface area contributed by atoms with Gasteiger partial charge in [0, 0.05) is 11.6 Å². The van der Waals surface area contributed by atoms with Gasteiger partial charge >= 0.3 is 0 Å². The summed E-state index contributed by atoms with van der Waals surface area (Å²) in [5.74, 6) is -0.0369. The first kappa shape index (κ1) is 11.2. The average Bonchev–Trinajstić information content (AvgIpc) is 2.71. The lowest BCUT2D eigenvalue weighted by atomic mass is 10.1. The van der Waals surface area contributed by atoms with E-state index in [-0.39, 0.29) is 11.6 Å². The van der Waals surface area contributed by atoms with Crippen molar-refractivity contribution in [2.75, 3.05) is 0 Å². The van der Waals surface area contributed by atoms with E-state index in [0.717, 1.165) is 20.8 Å². The molecule has 1 N–H and O–H groups in total. The number of aryl methyl sites for hydroxylation is 1. The minimum Gasteiger partial charge on any atom is -0.508 e. The molecule has 1 heterocycles. The highest BCUT2D eigenvalue weighted by Crippen LogP contribution is 2.33. The molecule has 0 saturated carbocycles. The number of hydrogen-bond donors (Lipinski definition) is 1. The Balaban J connectivity index is 2.19. The van der Waals surface area contributed by atoms with Gasteiger partial charge in [-0.3, -0.25) is 0 Å². The summed E-state index contributed by atoms with van der Waals surface area (Å²) in [6.45, 7) is 1.92. The van der Waals surface area contributed by atoms with Crippen molar-refractivity contribution >= 4 is 21.6 Å². The molecule has 0 bridgehead atoms. The van der Waals surface area contributed by atoms with Gasteiger partial charge in [-0.1, -0.05) is 0 Å². The van der Waals surface area contributed by atoms with Crippen LogP contribution in [0.15, 0.2) is 36.4 Å². The molecule has 0 unspecified atom stereocenters. The second-order valence-electron chi connectivity index (χ2n) is 4.13. The van der Waals surface area contributed by atoms with Crippen LogP contribution in [0.4, 0.5) is 4.39 Å². The Morgan fingerprint density at radius 1 is 1.17 bits per heavy atom. The summed E-state index contributed by atoms with van der Waals surface area (Å²) in [7, 11) is 0. The molecular weight excluding hydrogens is 249 g/mol. The van der Waals surface area contributed by atoms with Gasteiger partial charge in [-0.05, 0) is 42.8 Å². The molecule has 3 rings (SSSR count). The number of aromatic nitrogens is 1. The van der Waals surface area contributed by atoms with Crippen LogP contribution in [0, 0.1) is 12.7 Å². The SMILES string of the molecule is Cc1cc(O)ccc1-c1nc2cc(F)ccc2s1. The molecule has 1 aromatic heterocycles. The van der Waals surface area contributed by atoms with Crippen LogP contribution in [0.2, 0.25) is 0 Å². The number of phenolic OH excluding ortho intramolecular Hbond substituents is 1. The predicted octanol–water partition coefficient (Wildman–Crippen LogP) is 4.12. The van der Waals surface area contributed by atoms with Crippen molar-refractivity contribution < 1.29 is 9.50 Å². The van der Waals surface area contributed by atoms with Gasteiger partial charge in [-0.25, -0.2) is 9.37 Å². The van der Waals surface area contributed by atoms with Crippen molar-refractivity contribution in [1.82, 2.24) is 4.98 Å². The van der Waals surface area contributed by atoms with Crippen molar-refractivity contribution in [3.8, 4) is 16.3 Å². The van der Waals surface area contributed by atoms with E-state index >= 15 is 0 Å². The number of fused-ring (bicyclic) bond motifs is 1. The molecule has 4 heteroatoms. The third kappa shape index (κ3) is 1.84. The van der Waals surface area contributed by atoms with Crippen molar-refractivity contribution in [3.63, 3.8) is 0 Å². The summed E-state index contributed by atoms with van der Waals surface area (Å²) in [5.41, 5.74) is 2.59. The first-order valence-corrected chi connectivity index (χ1v) is 6.31. The van der Waals surface area contributed by atoms with E-state index in [0.29, 0.717) is 5.52 Å². The van der Waals surface area contributed by atoms with Crippen molar-refractivity contribution in [2.24, 2.45) is 0 Å². The average molecular weight is 259 g/mol. The van der Waals surface area contributed by atoms with Crippen molar-refractivity contribution in [3.05, 3.63) is 47.8 Å². The highest BCUT2D eigenvalue weighted by molar-refractivity contribution is 7.21. The van der Waals surface area contributed by atoms with Crippen LogP contribution in [0.5, 0.6) is 5.75 Å². The molecule has 0 aliphatic heterocycles. The molecule has 2 aromatic carbocycles. The summed E-state index contributed by atoms with van der Waals surface area (Å²) in [4.78, 5) is 4.43. The predicted molar refractivity (Wildman–Crippen MR) is 71.4 cm³/mol. The molecular formula is C14H10FNOS. The zero-order chi connectivity index (χ0) is 12.7. The van der Waals surface area contributed by atoms with E-state index in [9.17, 15) is 9.50 Å². The van der Waals surface area contributed by atoms with Gasteiger partial charge in [-0.15, -0.1) is 11.3 Å². The van der Waals surface area contributed by atoms with Crippen molar-refractivity contribution in [2.45, 2.75) is 6.92 Å². The minimum absolute atomic E-state index is 0.239. The summed E-state index contributed by atoms with van der Waals surface area (Å²) in [5, 5.41) is 10.2. The lowest BCUT2D eigenvalue weighted by molar-refractivity contribution is 0.475. The van der Waals surface area contributed by atoms with Gasteiger partial charge in [0.2, 0.25) is 0 Å². The van der Waals surface area contributed by atoms with Crippen LogP contribution >= 0.6 is 11.3 Å². The maximum absolute atomic E-state index is 13.1. The fourth-order valence-electron chi connectivity index (χ4n) is 1.90. The smallest absolute Gasteiger partial charge is 0.125 e. The number of benzene rings is 2. The van der Waals surface area contributed by atoms with Gasteiger partial charge in [0.25, 0.3) is 0 Å². The molecule has 0 spiro atoms. The second kappa shape index (κ2) is 4.07. The lowest BCUT2D eigenvalue weighted by Gasteiger charge is -2.01. The third-order valence-electron chi connectivity index (χ3n) is 2.79. The Hall–Kier alpha value is -1.94. The highest BCUT2D eigenvalue weighted by atomic mass is 32.1. The zero-order valence-corrected chi connectivity index (χ0v) is 10.5. The van der Waals surface area contributed by atoms with Crippen LogP contribution in [0.25, 0.3) is 20.8 Å². The van der Waals surface area contributed by atoms with Crippen LogP contribution in [0.3, 0.4) is 0 Å². The quantitative estimate of drug-likeness (QED) is 0.713. The second-order valence-corrected chi connectivity index (χ2v) is 5.16. The Morgan fingerprint density at radius 3 is 2.78 bits per heavy atom. The number of hydrogen-bond acceptors (Lipinski definition) is 3. The summed E-state index contributed by atoms with van der Waals surface area (Å²) in [6, 6.07) is 9.77. The summed E-state index contributed by atoms with van der Waals surface area (Å²) < 4.78 is 14.1. The van der Waals surface area contributed by atoms with Crippen LogP contribution in [-0.4, -0.2) is 10.1 Å². The summed E-state index contributed by atoms with van der Waals surface area (Å²) >= 11 is 1.52. The standard InChI is InChI=1S/C14H10FNOS/c1-8-6-10(17)3-4-11(8)14-16-12-7-9(15)2-5-13(12)18-14/h2-7,17H,1H3. The Kier molecular flexibility index (Phi) is 2.52. The Bertz CT molecular complexity index is 736. The number of halogens is 1. The number of phenols is 1. The van der Waals surface area contributed by atoms with E-state index in [4.69, 9.17) is 0 Å². The normalized spacial score (nSPS) is 11.0. The molecule has 90 valence electrons. The molecule has 0 radical (unpaired) electrons. The molecule has 0 aliphatic rings. The number of aromatic hydroxyl groups is 1. The Morgan fingerprint density at radius 2 is 2.00 bits per heavy atom. The fraction of sp³-hybridized carbons (Fsp3) is 0.0714. The van der Waals surface area contributed by atoms with E-state index in [1.54, 1.807) is 18.2 Å². The van der Waals surface area contributed by atoms with Gasteiger partial charge in [-0.2, -0.15) is 0 Å². The van der Waals surface area contributed by atoms with Crippen molar-refractivity contribution in [1.29, 1.82) is 0 Å². The van der Waals surface area contributed by atoms with Gasteiger partial charge in [0.05, 0.1) is 10.2 Å². The molecule has 0 fully saturated rings. The number of thiazole rings is 1. The third-order valence-corrected chi connectivity index (χ3v) is 3.86. The zero-order valence-electron chi connectivity index (χ0n) is 9.64. The number of nitrogens with zero attached hydrogens (tertiary/aromatic N) is 1. The van der Waals surface area contributed by atoms with E-state index in [1.165, 1.54) is 23.5 Å². The van der Waals surface area contributed by atoms with E-state index in [1.807, 2.05) is 13.0 Å². The molecule has 0 amide bonds. The monoisotopic (exact) mass is 259 g/mol. The molecule has 18 heavy (non-hydrogen) atoms. The maximum Gasteiger partial charge on any atom is 0.125 e. The lowest BCUT2D eigenvalue weighted by Crippen LogP contribution is -1.81. The molecule has 0 saturated heterocycles.